The zero-order chi connectivity index (χ0) is 23.6. The van der Waals surface area contributed by atoms with Gasteiger partial charge in [-0.1, -0.05) is 43.5 Å². The summed E-state index contributed by atoms with van der Waals surface area (Å²) >= 11 is 0. The summed E-state index contributed by atoms with van der Waals surface area (Å²) < 4.78 is 18.5. The third kappa shape index (κ3) is 7.13. The quantitative estimate of drug-likeness (QED) is 0.354. The molecule has 0 saturated heterocycles. The van der Waals surface area contributed by atoms with Crippen molar-refractivity contribution >= 4 is 5.91 Å². The summed E-state index contributed by atoms with van der Waals surface area (Å²) in [5, 5.41) is 4.34. The fourth-order valence-corrected chi connectivity index (χ4v) is 4.52. The van der Waals surface area contributed by atoms with Gasteiger partial charge in [0.2, 0.25) is 5.91 Å². The molecule has 1 amide bonds. The Morgan fingerprint density at radius 1 is 1.18 bits per heavy atom. The van der Waals surface area contributed by atoms with Crippen LogP contribution in [0.25, 0.3) is 11.1 Å². The molecule has 33 heavy (non-hydrogen) atoms. The van der Waals surface area contributed by atoms with E-state index in [9.17, 15) is 4.79 Å². The molecule has 1 aromatic heterocycles. The van der Waals surface area contributed by atoms with Gasteiger partial charge in [-0.3, -0.25) is 9.48 Å². The number of hydrogen-bond acceptors (Lipinski definition) is 5. The van der Waals surface area contributed by atoms with E-state index in [1.54, 1.807) is 14.2 Å². The molecule has 0 unspecified atom stereocenters. The van der Waals surface area contributed by atoms with Gasteiger partial charge in [-0.25, -0.2) is 0 Å². The van der Waals surface area contributed by atoms with Gasteiger partial charge in [0, 0.05) is 38.6 Å². The van der Waals surface area contributed by atoms with Gasteiger partial charge < -0.3 is 19.1 Å². The number of ether oxygens (including phenoxy) is 3. The molecule has 1 aliphatic carbocycles. The molecule has 7 heteroatoms. The van der Waals surface area contributed by atoms with E-state index in [0.29, 0.717) is 26.2 Å². The lowest BCUT2D eigenvalue weighted by atomic mass is 9.94. The minimum atomic E-state index is -0.396. The normalized spacial score (nSPS) is 14.7. The highest BCUT2D eigenvalue weighted by molar-refractivity contribution is 5.76. The second kappa shape index (κ2) is 12.9. The molecule has 0 N–H and O–H groups in total. The molecule has 0 bridgehead atoms. The molecule has 1 aromatic carbocycles. The van der Waals surface area contributed by atoms with Gasteiger partial charge in [0.15, 0.2) is 6.29 Å². The van der Waals surface area contributed by atoms with Crippen LogP contribution in [0.2, 0.25) is 0 Å². The van der Waals surface area contributed by atoms with Crippen molar-refractivity contribution in [3.63, 3.8) is 0 Å². The average Bonchev–Trinajstić information content (AvgIpc) is 3.18. The first kappa shape index (κ1) is 25.4. The number of amides is 1. The first-order chi connectivity index (χ1) is 16.0. The molecule has 3 rings (SSSR count). The molecule has 1 saturated carbocycles. The van der Waals surface area contributed by atoms with Crippen LogP contribution < -0.4 is 0 Å². The van der Waals surface area contributed by atoms with Gasteiger partial charge >= 0.3 is 0 Å². The maximum Gasteiger partial charge on any atom is 0.225 e. The zero-order valence-corrected chi connectivity index (χ0v) is 20.6. The van der Waals surface area contributed by atoms with Crippen molar-refractivity contribution in [2.24, 2.45) is 7.05 Å². The molecule has 0 atom stereocenters. The van der Waals surface area contributed by atoms with E-state index in [1.165, 1.54) is 30.4 Å². The summed E-state index contributed by atoms with van der Waals surface area (Å²) in [6.45, 7) is 3.56. The van der Waals surface area contributed by atoms with Crippen molar-refractivity contribution in [3.05, 3.63) is 41.7 Å². The van der Waals surface area contributed by atoms with Crippen molar-refractivity contribution in [3.8, 4) is 11.1 Å². The standard InChI is InChI=1S/C26H39N3O4/c1-20-24(18-27-28(20)2)22-10-8-9-21(17-22)13-15-33-16-14-25(30)29(19-26(31-3)32-4)23-11-6-5-7-12-23/h8-10,17-18,23,26H,5-7,11-16,19H2,1-4H3. The highest BCUT2D eigenvalue weighted by Gasteiger charge is 2.27. The van der Waals surface area contributed by atoms with Gasteiger partial charge in [-0.05, 0) is 37.3 Å². The van der Waals surface area contributed by atoms with Crippen LogP contribution in [-0.2, 0) is 32.5 Å². The Kier molecular flexibility index (Phi) is 9.91. The molecule has 1 fully saturated rings. The summed E-state index contributed by atoms with van der Waals surface area (Å²) in [5.74, 6) is 0.120. The minimum Gasteiger partial charge on any atom is -0.381 e. The van der Waals surface area contributed by atoms with Crippen molar-refractivity contribution in [1.29, 1.82) is 0 Å². The fraction of sp³-hybridized carbons (Fsp3) is 0.615. The number of carbonyl (C=O) groups is 1. The Hall–Kier alpha value is -2.22. The molecular formula is C26H39N3O4. The predicted octanol–water partition coefficient (Wildman–Crippen LogP) is 4.12. The summed E-state index contributed by atoms with van der Waals surface area (Å²) in [4.78, 5) is 15.0. The van der Waals surface area contributed by atoms with E-state index in [2.05, 4.69) is 36.3 Å². The zero-order valence-electron chi connectivity index (χ0n) is 20.6. The third-order valence-corrected chi connectivity index (χ3v) is 6.68. The van der Waals surface area contributed by atoms with Crippen LogP contribution in [0.1, 0.15) is 49.8 Å². The molecule has 2 aromatic rings. The van der Waals surface area contributed by atoms with Crippen LogP contribution in [0.4, 0.5) is 0 Å². The second-order valence-corrected chi connectivity index (χ2v) is 8.82. The number of aryl methyl sites for hydroxylation is 1. The van der Waals surface area contributed by atoms with E-state index < -0.39 is 6.29 Å². The summed E-state index contributed by atoms with van der Waals surface area (Å²) in [6.07, 6.45) is 8.41. The van der Waals surface area contributed by atoms with E-state index in [1.807, 2.05) is 22.8 Å². The number of aromatic nitrogens is 2. The Labute approximate surface area is 198 Å². The maximum absolute atomic E-state index is 13.0. The first-order valence-electron chi connectivity index (χ1n) is 12.0. The van der Waals surface area contributed by atoms with E-state index >= 15 is 0 Å². The summed E-state index contributed by atoms with van der Waals surface area (Å²) in [7, 11) is 5.19. The summed E-state index contributed by atoms with van der Waals surface area (Å²) in [6, 6.07) is 8.77. The monoisotopic (exact) mass is 457 g/mol. The molecule has 1 heterocycles. The largest absolute Gasteiger partial charge is 0.381 e. The number of methoxy groups -OCH3 is 2. The Bertz CT molecular complexity index is 872. The third-order valence-electron chi connectivity index (χ3n) is 6.68. The Balaban J connectivity index is 1.47. The molecule has 0 radical (unpaired) electrons. The maximum atomic E-state index is 13.0. The lowest BCUT2D eigenvalue weighted by Gasteiger charge is -2.36. The Morgan fingerprint density at radius 3 is 2.61 bits per heavy atom. The molecule has 182 valence electrons. The fourth-order valence-electron chi connectivity index (χ4n) is 4.52. The molecule has 1 aliphatic rings. The molecule has 7 nitrogen and oxygen atoms in total. The van der Waals surface area contributed by atoms with Gasteiger partial charge in [0.1, 0.15) is 0 Å². The second-order valence-electron chi connectivity index (χ2n) is 8.82. The topological polar surface area (TPSA) is 65.8 Å². The van der Waals surface area contributed by atoms with Crippen LogP contribution in [-0.4, -0.2) is 66.9 Å². The molecule has 0 spiro atoms. The molecular weight excluding hydrogens is 418 g/mol. The van der Waals surface area contributed by atoms with Crippen molar-refractivity contribution in [2.75, 3.05) is 34.0 Å². The highest BCUT2D eigenvalue weighted by Crippen LogP contribution is 2.25. The van der Waals surface area contributed by atoms with Gasteiger partial charge in [-0.2, -0.15) is 5.10 Å². The number of benzene rings is 1. The van der Waals surface area contributed by atoms with Crippen LogP contribution >= 0.6 is 0 Å². The SMILES string of the molecule is COC(CN(C(=O)CCOCCc1cccc(-c2cnn(C)c2C)c1)C1CCCCC1)OC. The number of carbonyl (C=O) groups excluding carboxylic acids is 1. The van der Waals surface area contributed by atoms with E-state index in [0.717, 1.165) is 30.5 Å². The van der Waals surface area contributed by atoms with Crippen LogP contribution in [0.15, 0.2) is 30.5 Å². The van der Waals surface area contributed by atoms with Crippen LogP contribution in [0.3, 0.4) is 0 Å². The van der Waals surface area contributed by atoms with Gasteiger partial charge in [0.05, 0.1) is 32.4 Å². The van der Waals surface area contributed by atoms with Crippen molar-refractivity contribution in [2.45, 2.75) is 64.2 Å². The highest BCUT2D eigenvalue weighted by atomic mass is 16.7. The number of hydrogen-bond donors (Lipinski definition) is 0. The van der Waals surface area contributed by atoms with Crippen molar-refractivity contribution in [1.82, 2.24) is 14.7 Å². The van der Waals surface area contributed by atoms with Gasteiger partial charge in [0.25, 0.3) is 0 Å². The van der Waals surface area contributed by atoms with Crippen LogP contribution in [0, 0.1) is 6.92 Å². The van der Waals surface area contributed by atoms with E-state index in [4.69, 9.17) is 14.2 Å². The van der Waals surface area contributed by atoms with E-state index in [-0.39, 0.29) is 11.9 Å². The predicted molar refractivity (Wildman–Crippen MR) is 129 cm³/mol. The smallest absolute Gasteiger partial charge is 0.225 e. The lowest BCUT2D eigenvalue weighted by molar-refractivity contribution is -0.151. The average molecular weight is 458 g/mol. The Morgan fingerprint density at radius 2 is 1.94 bits per heavy atom. The van der Waals surface area contributed by atoms with Crippen molar-refractivity contribution < 1.29 is 19.0 Å². The minimum absolute atomic E-state index is 0.120. The number of nitrogens with zero attached hydrogens (tertiary/aromatic N) is 3. The van der Waals surface area contributed by atoms with Gasteiger partial charge in [-0.15, -0.1) is 0 Å². The summed E-state index contributed by atoms with van der Waals surface area (Å²) in [5.41, 5.74) is 4.68. The van der Waals surface area contributed by atoms with Crippen LogP contribution in [0.5, 0.6) is 0 Å². The number of rotatable bonds is 12. The first-order valence-corrected chi connectivity index (χ1v) is 12.0. The molecule has 0 aliphatic heterocycles. The lowest BCUT2D eigenvalue weighted by Crippen LogP contribution is -2.46.